The molecule has 146 valence electrons. The Morgan fingerprint density at radius 1 is 1.14 bits per heavy atom. The second kappa shape index (κ2) is 9.53. The van der Waals surface area contributed by atoms with Crippen molar-refractivity contribution in [2.45, 2.75) is 32.9 Å². The van der Waals surface area contributed by atoms with Gasteiger partial charge in [0.1, 0.15) is 12.4 Å². The number of hydrogen-bond donors (Lipinski definition) is 1. The summed E-state index contributed by atoms with van der Waals surface area (Å²) in [7, 11) is 0. The molecule has 0 fully saturated rings. The molecule has 0 aliphatic rings. The summed E-state index contributed by atoms with van der Waals surface area (Å²) in [6.45, 7) is 5.48. The zero-order valence-corrected chi connectivity index (χ0v) is 16.8. The Labute approximate surface area is 170 Å². The number of nitrogens with one attached hydrogen (secondary N) is 1. The second-order valence-corrected chi connectivity index (χ2v) is 7.29. The van der Waals surface area contributed by atoms with Crippen LogP contribution in [0.15, 0.2) is 65.7 Å². The van der Waals surface area contributed by atoms with Crippen LogP contribution in [0, 0.1) is 0 Å². The fraction of sp³-hybridized carbons (Fsp3) is 0.273. The number of rotatable bonds is 8. The molecule has 3 rings (SSSR count). The molecule has 28 heavy (non-hydrogen) atoms. The monoisotopic (exact) mass is 397 g/mol. The Bertz CT molecular complexity index is 951. The first-order chi connectivity index (χ1) is 13.5. The Morgan fingerprint density at radius 3 is 2.57 bits per heavy atom. The first-order valence-corrected chi connectivity index (χ1v) is 9.68. The highest BCUT2D eigenvalue weighted by atomic mass is 35.5. The van der Waals surface area contributed by atoms with Crippen molar-refractivity contribution in [2.24, 2.45) is 0 Å². The van der Waals surface area contributed by atoms with E-state index in [2.05, 4.69) is 36.3 Å². The lowest BCUT2D eigenvalue weighted by Gasteiger charge is -2.10. The summed E-state index contributed by atoms with van der Waals surface area (Å²) in [5.74, 6) is 0.509. The van der Waals surface area contributed by atoms with Crippen molar-refractivity contribution >= 4 is 11.6 Å². The molecule has 1 aromatic carbocycles. The minimum absolute atomic E-state index is 0.143. The highest BCUT2D eigenvalue weighted by Crippen LogP contribution is 2.13. The molecule has 0 spiro atoms. The number of benzene rings is 1. The molecule has 0 aliphatic heterocycles. The Kier molecular flexibility index (Phi) is 6.85. The summed E-state index contributed by atoms with van der Waals surface area (Å²) in [6, 6.07) is 15.3. The summed E-state index contributed by atoms with van der Waals surface area (Å²) in [4.78, 5) is 16.6. The molecule has 0 radical (unpaired) electrons. The average Bonchev–Trinajstić information content (AvgIpc) is 2.68. The van der Waals surface area contributed by atoms with Gasteiger partial charge in [0.2, 0.25) is 0 Å². The van der Waals surface area contributed by atoms with Gasteiger partial charge in [0.05, 0.1) is 10.7 Å². The topological polar surface area (TPSA) is 56.1 Å². The lowest BCUT2D eigenvalue weighted by atomic mass is 10.1. The highest BCUT2D eigenvalue weighted by Gasteiger charge is 2.04. The molecule has 5 nitrogen and oxygen atoms in total. The lowest BCUT2D eigenvalue weighted by molar-refractivity contribution is 0.300. The number of pyridine rings is 2. The Morgan fingerprint density at radius 2 is 1.93 bits per heavy atom. The van der Waals surface area contributed by atoms with Gasteiger partial charge >= 0.3 is 0 Å². The van der Waals surface area contributed by atoms with Crippen LogP contribution in [0.25, 0.3) is 5.69 Å². The lowest BCUT2D eigenvalue weighted by Crippen LogP contribution is -2.24. The third-order valence-corrected chi connectivity index (χ3v) is 4.47. The fourth-order valence-electron chi connectivity index (χ4n) is 2.74. The van der Waals surface area contributed by atoms with Crippen molar-refractivity contribution in [1.29, 1.82) is 0 Å². The van der Waals surface area contributed by atoms with E-state index in [9.17, 15) is 4.79 Å². The van der Waals surface area contributed by atoms with Crippen LogP contribution in [-0.4, -0.2) is 22.1 Å². The molecule has 0 saturated heterocycles. The van der Waals surface area contributed by atoms with Gasteiger partial charge in [-0.15, -0.1) is 0 Å². The molecule has 0 saturated carbocycles. The molecule has 3 aromatic rings. The number of halogens is 1. The van der Waals surface area contributed by atoms with Crippen molar-refractivity contribution in [1.82, 2.24) is 14.9 Å². The summed E-state index contributed by atoms with van der Waals surface area (Å²) < 4.78 is 7.26. The van der Waals surface area contributed by atoms with Crippen molar-refractivity contribution in [3.8, 4) is 11.4 Å². The van der Waals surface area contributed by atoms with Crippen molar-refractivity contribution in [3.63, 3.8) is 0 Å². The van der Waals surface area contributed by atoms with E-state index >= 15 is 0 Å². The molecule has 0 unspecified atom stereocenters. The van der Waals surface area contributed by atoms with E-state index in [1.807, 2.05) is 12.1 Å². The van der Waals surface area contributed by atoms with Gasteiger partial charge in [-0.3, -0.25) is 14.3 Å². The molecule has 0 bridgehead atoms. The highest BCUT2D eigenvalue weighted by molar-refractivity contribution is 6.30. The van der Waals surface area contributed by atoms with Gasteiger partial charge in [0.15, 0.2) is 0 Å². The largest absolute Gasteiger partial charge is 0.487 e. The summed E-state index contributed by atoms with van der Waals surface area (Å²) in [5.41, 5.74) is 2.67. The van der Waals surface area contributed by atoms with Gasteiger partial charge in [-0.1, -0.05) is 37.6 Å². The van der Waals surface area contributed by atoms with Crippen LogP contribution in [0.2, 0.25) is 5.02 Å². The van der Waals surface area contributed by atoms with Gasteiger partial charge in [0, 0.05) is 30.2 Å². The van der Waals surface area contributed by atoms with Gasteiger partial charge in [-0.2, -0.15) is 0 Å². The van der Waals surface area contributed by atoms with Crippen LogP contribution in [0.3, 0.4) is 0 Å². The predicted octanol–water partition coefficient (Wildman–Crippen LogP) is 4.01. The normalized spacial score (nSPS) is 11.0. The van der Waals surface area contributed by atoms with Gasteiger partial charge < -0.3 is 10.1 Å². The number of ether oxygens (including phenoxy) is 1. The summed E-state index contributed by atoms with van der Waals surface area (Å²) in [6.07, 6.45) is 4.25. The SMILES string of the molecule is CC(C)NCCc1ccc(-n2ccc(OCc3ccc(Cl)cn3)cc2=O)cc1. The maximum atomic E-state index is 12.5. The first kappa shape index (κ1) is 20.1. The van der Waals surface area contributed by atoms with Gasteiger partial charge in [-0.25, -0.2) is 0 Å². The predicted molar refractivity (Wildman–Crippen MR) is 112 cm³/mol. The molecule has 2 heterocycles. The molecule has 6 heteroatoms. The molecule has 2 aromatic heterocycles. The quantitative estimate of drug-likeness (QED) is 0.624. The van der Waals surface area contributed by atoms with Crippen molar-refractivity contribution in [2.75, 3.05) is 6.54 Å². The van der Waals surface area contributed by atoms with Crippen molar-refractivity contribution < 1.29 is 4.74 Å². The average molecular weight is 398 g/mol. The molecule has 1 N–H and O–H groups in total. The molecule has 0 aliphatic carbocycles. The zero-order valence-electron chi connectivity index (χ0n) is 16.1. The maximum Gasteiger partial charge on any atom is 0.258 e. The van der Waals surface area contributed by atoms with E-state index in [1.165, 1.54) is 11.6 Å². The van der Waals surface area contributed by atoms with E-state index in [4.69, 9.17) is 16.3 Å². The first-order valence-electron chi connectivity index (χ1n) is 9.30. The van der Waals surface area contributed by atoms with E-state index in [0.29, 0.717) is 16.8 Å². The second-order valence-electron chi connectivity index (χ2n) is 6.85. The summed E-state index contributed by atoms with van der Waals surface area (Å²) >= 11 is 5.82. The molecule has 0 amide bonds. The van der Waals surface area contributed by atoms with E-state index in [0.717, 1.165) is 24.3 Å². The van der Waals surface area contributed by atoms with Crippen LogP contribution >= 0.6 is 11.6 Å². The Hall–Kier alpha value is -2.63. The third kappa shape index (κ3) is 5.68. The molecular weight excluding hydrogens is 374 g/mol. The van der Waals surface area contributed by atoms with Crippen LogP contribution < -0.4 is 15.6 Å². The number of hydrogen-bond acceptors (Lipinski definition) is 4. The third-order valence-electron chi connectivity index (χ3n) is 4.25. The fourth-order valence-corrected chi connectivity index (χ4v) is 2.85. The van der Waals surface area contributed by atoms with E-state index < -0.39 is 0 Å². The molecule has 0 atom stereocenters. The zero-order chi connectivity index (χ0) is 19.9. The molecular formula is C22H24ClN3O2. The van der Waals surface area contributed by atoms with Crippen LogP contribution in [0.4, 0.5) is 0 Å². The number of nitrogens with zero attached hydrogens (tertiary/aromatic N) is 2. The van der Waals surface area contributed by atoms with E-state index in [1.54, 1.807) is 35.2 Å². The smallest absolute Gasteiger partial charge is 0.258 e. The number of aromatic nitrogens is 2. The minimum atomic E-state index is -0.143. The Balaban J connectivity index is 1.63. The summed E-state index contributed by atoms with van der Waals surface area (Å²) in [5, 5.41) is 3.98. The van der Waals surface area contributed by atoms with Crippen molar-refractivity contribution in [3.05, 3.63) is 87.6 Å². The van der Waals surface area contributed by atoms with Crippen LogP contribution in [-0.2, 0) is 13.0 Å². The van der Waals surface area contributed by atoms with Crippen LogP contribution in [0.5, 0.6) is 5.75 Å². The van der Waals surface area contributed by atoms with E-state index in [-0.39, 0.29) is 12.2 Å². The minimum Gasteiger partial charge on any atom is -0.487 e. The van der Waals surface area contributed by atoms with Gasteiger partial charge in [0.25, 0.3) is 5.56 Å². The van der Waals surface area contributed by atoms with Gasteiger partial charge in [-0.05, 0) is 48.9 Å². The maximum absolute atomic E-state index is 12.5. The van der Waals surface area contributed by atoms with Crippen LogP contribution in [0.1, 0.15) is 25.1 Å². The standard InChI is InChI=1S/C22H24ClN3O2/c1-16(2)24-11-9-17-3-7-20(8-4-17)26-12-10-21(13-22(26)27)28-15-19-6-5-18(23)14-25-19/h3-8,10,12-14,16,24H,9,11,15H2,1-2H3.